The second-order valence-electron chi connectivity index (χ2n) is 6.56. The van der Waals surface area contributed by atoms with Crippen molar-refractivity contribution in [3.63, 3.8) is 0 Å². The maximum atomic E-state index is 12.4. The van der Waals surface area contributed by atoms with Gasteiger partial charge in [-0.05, 0) is 36.2 Å². The fourth-order valence-electron chi connectivity index (χ4n) is 2.73. The Morgan fingerprint density at radius 1 is 1.16 bits per heavy atom. The van der Waals surface area contributed by atoms with Crippen molar-refractivity contribution in [2.75, 3.05) is 17.3 Å². The fraction of sp³-hybridized carbons (Fsp3) is 0.200. The molecule has 3 rings (SSSR count). The lowest BCUT2D eigenvalue weighted by Crippen LogP contribution is -2.12. The summed E-state index contributed by atoms with van der Waals surface area (Å²) in [7, 11) is -3.51. The highest BCUT2D eigenvalue weighted by Gasteiger charge is 2.17. The van der Waals surface area contributed by atoms with Gasteiger partial charge in [-0.25, -0.2) is 13.2 Å². The average molecular weight is 462 g/mol. The van der Waals surface area contributed by atoms with Gasteiger partial charge in [-0.3, -0.25) is 0 Å². The number of para-hydroxylation sites is 1. The van der Waals surface area contributed by atoms with Crippen molar-refractivity contribution < 1.29 is 17.9 Å². The van der Waals surface area contributed by atoms with E-state index in [1.807, 2.05) is 31.2 Å². The molecule has 0 fully saturated rings. The van der Waals surface area contributed by atoms with E-state index in [4.69, 9.17) is 22.1 Å². The molecule has 0 amide bonds. The summed E-state index contributed by atoms with van der Waals surface area (Å²) in [5.74, 6) is -0.542. The van der Waals surface area contributed by atoms with Gasteiger partial charge < -0.3 is 15.8 Å². The number of nitrogens with two attached hydrogens (primary N) is 1. The molecule has 1 heterocycles. The Morgan fingerprint density at radius 2 is 1.90 bits per heavy atom. The molecule has 1 aromatic heterocycles. The second-order valence-corrected chi connectivity index (χ2v) is 8.98. The first kappa shape index (κ1) is 22.4. The maximum absolute atomic E-state index is 12.4. The lowest BCUT2D eigenvalue weighted by molar-refractivity contribution is 0.0462. The standard InChI is InChI=1S/C20H20ClN5O4S/c1-3-12-6-4-5-7-16(12)23-20-25-17(24-19(22)26-20)11-30-18(27)14-10-13(31(2,28)29)8-9-15(14)21/h4-10H,3,11H2,1-2H3,(H3,22,23,24,25,26). The Morgan fingerprint density at radius 3 is 2.61 bits per heavy atom. The van der Waals surface area contributed by atoms with E-state index >= 15 is 0 Å². The third kappa shape index (κ3) is 5.68. The summed E-state index contributed by atoms with van der Waals surface area (Å²) in [4.78, 5) is 24.7. The SMILES string of the molecule is CCc1ccccc1Nc1nc(N)nc(COC(=O)c2cc(S(C)(=O)=O)ccc2Cl)n1. The van der Waals surface area contributed by atoms with Gasteiger partial charge in [0.15, 0.2) is 22.3 Å². The number of nitrogens with one attached hydrogen (secondary N) is 1. The van der Waals surface area contributed by atoms with Crippen LogP contribution >= 0.6 is 11.6 Å². The van der Waals surface area contributed by atoms with Crippen LogP contribution in [0.3, 0.4) is 0 Å². The lowest BCUT2D eigenvalue weighted by Gasteiger charge is -2.11. The van der Waals surface area contributed by atoms with Crippen LogP contribution in [0.1, 0.15) is 28.7 Å². The molecule has 0 radical (unpaired) electrons. The van der Waals surface area contributed by atoms with Gasteiger partial charge in [0.1, 0.15) is 0 Å². The van der Waals surface area contributed by atoms with Gasteiger partial charge >= 0.3 is 5.97 Å². The number of carbonyl (C=O) groups excluding carboxylic acids is 1. The van der Waals surface area contributed by atoms with Crippen molar-refractivity contribution in [2.24, 2.45) is 0 Å². The van der Waals surface area contributed by atoms with Gasteiger partial charge in [0.25, 0.3) is 0 Å². The van der Waals surface area contributed by atoms with E-state index < -0.39 is 15.8 Å². The fourth-order valence-corrected chi connectivity index (χ4v) is 3.57. The van der Waals surface area contributed by atoms with Crippen molar-refractivity contribution in [1.29, 1.82) is 0 Å². The van der Waals surface area contributed by atoms with Gasteiger partial charge in [-0.2, -0.15) is 15.0 Å². The number of ether oxygens (including phenoxy) is 1. The maximum Gasteiger partial charge on any atom is 0.340 e. The average Bonchev–Trinajstić information content (AvgIpc) is 2.71. The molecular formula is C20H20ClN5O4S. The summed E-state index contributed by atoms with van der Waals surface area (Å²) in [6, 6.07) is 11.5. The Balaban J connectivity index is 1.77. The Bertz CT molecular complexity index is 1230. The van der Waals surface area contributed by atoms with Crippen LogP contribution < -0.4 is 11.1 Å². The van der Waals surface area contributed by atoms with Crippen LogP contribution in [-0.4, -0.2) is 35.6 Å². The zero-order valence-electron chi connectivity index (χ0n) is 16.8. The van der Waals surface area contributed by atoms with Crippen molar-refractivity contribution >= 4 is 45.0 Å². The number of nitrogen functional groups attached to an aromatic ring is 1. The largest absolute Gasteiger partial charge is 0.454 e. The first-order valence-corrected chi connectivity index (χ1v) is 11.5. The topological polar surface area (TPSA) is 137 Å². The molecule has 0 saturated carbocycles. The number of anilines is 3. The Labute approximate surface area is 184 Å². The molecule has 162 valence electrons. The first-order chi connectivity index (χ1) is 14.7. The van der Waals surface area contributed by atoms with Crippen LogP contribution in [0.5, 0.6) is 0 Å². The number of benzene rings is 2. The van der Waals surface area contributed by atoms with E-state index in [-0.39, 0.29) is 39.8 Å². The molecule has 0 aliphatic carbocycles. The van der Waals surface area contributed by atoms with Gasteiger partial charge in [0.2, 0.25) is 11.9 Å². The van der Waals surface area contributed by atoms with Crippen molar-refractivity contribution in [2.45, 2.75) is 24.8 Å². The van der Waals surface area contributed by atoms with E-state index in [1.54, 1.807) is 0 Å². The van der Waals surface area contributed by atoms with E-state index in [0.29, 0.717) is 0 Å². The summed E-state index contributed by atoms with van der Waals surface area (Å²) in [5, 5.41) is 3.15. The zero-order chi connectivity index (χ0) is 22.6. The second kappa shape index (κ2) is 9.27. The van der Waals surface area contributed by atoms with Crippen LogP contribution in [0.25, 0.3) is 0 Å². The molecule has 3 N–H and O–H groups in total. The molecule has 0 aliphatic rings. The number of nitrogens with zero attached hydrogens (tertiary/aromatic N) is 3. The van der Waals surface area contributed by atoms with Crippen molar-refractivity contribution in [1.82, 2.24) is 15.0 Å². The molecule has 2 aromatic carbocycles. The predicted molar refractivity (Wildman–Crippen MR) is 117 cm³/mol. The summed E-state index contributed by atoms with van der Waals surface area (Å²) < 4.78 is 28.7. The third-order valence-corrected chi connectivity index (χ3v) is 5.70. The number of hydrogen-bond donors (Lipinski definition) is 2. The highest BCUT2D eigenvalue weighted by atomic mass is 35.5. The molecule has 0 aliphatic heterocycles. The van der Waals surface area contributed by atoms with E-state index in [0.717, 1.165) is 30.0 Å². The number of halogens is 1. The summed E-state index contributed by atoms with van der Waals surface area (Å²) >= 11 is 6.03. The number of aryl methyl sites for hydroxylation is 1. The first-order valence-electron chi connectivity index (χ1n) is 9.19. The van der Waals surface area contributed by atoms with Crippen molar-refractivity contribution in [3.05, 3.63) is 64.4 Å². The molecule has 9 nitrogen and oxygen atoms in total. The minimum absolute atomic E-state index is 0.0466. The predicted octanol–water partition coefficient (Wildman–Crippen LogP) is 3.17. The summed E-state index contributed by atoms with van der Waals surface area (Å²) in [6.07, 6.45) is 1.84. The number of esters is 1. The molecule has 0 atom stereocenters. The molecule has 0 spiro atoms. The number of aromatic nitrogens is 3. The quantitative estimate of drug-likeness (QED) is 0.508. The monoisotopic (exact) mass is 461 g/mol. The minimum Gasteiger partial charge on any atom is -0.454 e. The van der Waals surface area contributed by atoms with Gasteiger partial charge in [-0.15, -0.1) is 0 Å². The molecule has 0 saturated heterocycles. The number of carbonyl (C=O) groups is 1. The van der Waals surface area contributed by atoms with Crippen LogP contribution in [-0.2, 0) is 27.6 Å². The number of sulfone groups is 1. The number of hydrogen-bond acceptors (Lipinski definition) is 9. The highest BCUT2D eigenvalue weighted by Crippen LogP contribution is 2.22. The third-order valence-electron chi connectivity index (χ3n) is 4.26. The lowest BCUT2D eigenvalue weighted by atomic mass is 10.1. The zero-order valence-corrected chi connectivity index (χ0v) is 18.4. The summed E-state index contributed by atoms with van der Waals surface area (Å²) in [5.41, 5.74) is 7.57. The van der Waals surface area contributed by atoms with E-state index in [1.165, 1.54) is 12.1 Å². The molecular weight excluding hydrogens is 442 g/mol. The minimum atomic E-state index is -3.51. The molecule has 31 heavy (non-hydrogen) atoms. The molecule has 11 heteroatoms. The Hall–Kier alpha value is -3.24. The highest BCUT2D eigenvalue weighted by molar-refractivity contribution is 7.90. The summed E-state index contributed by atoms with van der Waals surface area (Å²) in [6.45, 7) is 1.71. The molecule has 0 unspecified atom stereocenters. The van der Waals surface area contributed by atoms with Crippen LogP contribution in [0, 0.1) is 0 Å². The van der Waals surface area contributed by atoms with Crippen LogP contribution in [0.15, 0.2) is 47.4 Å². The van der Waals surface area contributed by atoms with Crippen molar-refractivity contribution in [3.8, 4) is 0 Å². The normalized spacial score (nSPS) is 11.2. The van der Waals surface area contributed by atoms with Gasteiger partial charge in [0.05, 0.1) is 15.5 Å². The van der Waals surface area contributed by atoms with E-state index in [9.17, 15) is 13.2 Å². The van der Waals surface area contributed by atoms with Crippen LogP contribution in [0.2, 0.25) is 5.02 Å². The molecule has 3 aromatic rings. The Kier molecular flexibility index (Phi) is 6.71. The molecule has 0 bridgehead atoms. The van der Waals surface area contributed by atoms with Gasteiger partial charge in [-0.1, -0.05) is 36.7 Å². The van der Waals surface area contributed by atoms with E-state index in [2.05, 4.69) is 20.3 Å². The van der Waals surface area contributed by atoms with Crippen LogP contribution in [0.4, 0.5) is 17.6 Å². The van der Waals surface area contributed by atoms with Gasteiger partial charge in [0, 0.05) is 11.9 Å². The number of rotatable bonds is 7. The smallest absolute Gasteiger partial charge is 0.340 e.